The number of amides is 1. The Hall–Kier alpha value is -3.22. The van der Waals surface area contributed by atoms with Crippen LogP contribution in [0.4, 0.5) is 4.79 Å². The van der Waals surface area contributed by atoms with E-state index in [1.807, 2.05) is 39.0 Å². The van der Waals surface area contributed by atoms with E-state index in [4.69, 9.17) is 4.74 Å². The summed E-state index contributed by atoms with van der Waals surface area (Å²) in [5.41, 5.74) is 4.15. The number of hydrogen-bond acceptors (Lipinski definition) is 5. The van der Waals surface area contributed by atoms with Gasteiger partial charge in [-0.25, -0.2) is 4.79 Å². The van der Waals surface area contributed by atoms with Gasteiger partial charge in [0, 0.05) is 12.1 Å². The zero-order chi connectivity index (χ0) is 23.5. The number of alkyl carbamates (subject to hydrolysis) is 1. The lowest BCUT2D eigenvalue weighted by molar-refractivity contribution is 0.0527. The van der Waals surface area contributed by atoms with Crippen molar-refractivity contribution in [1.29, 1.82) is 0 Å². The number of rotatable bonds is 11. The molecule has 2 N–H and O–H groups in total. The smallest absolute Gasteiger partial charge is 0.407 e. The van der Waals surface area contributed by atoms with Crippen molar-refractivity contribution in [3.05, 3.63) is 54.1 Å². The highest BCUT2D eigenvalue weighted by Gasteiger charge is 2.15. The molecule has 0 saturated carbocycles. The lowest BCUT2D eigenvalue weighted by atomic mass is 9.97. The third kappa shape index (κ3) is 8.33. The molecule has 0 saturated heterocycles. The molecule has 0 unspecified atom stereocenters. The van der Waals surface area contributed by atoms with Crippen molar-refractivity contribution in [1.82, 2.24) is 25.9 Å². The van der Waals surface area contributed by atoms with Crippen LogP contribution in [-0.2, 0) is 11.2 Å². The van der Waals surface area contributed by atoms with E-state index in [-0.39, 0.29) is 6.09 Å². The molecule has 7 heteroatoms. The normalized spacial score (nSPS) is 11.4. The summed E-state index contributed by atoms with van der Waals surface area (Å²) >= 11 is 0. The van der Waals surface area contributed by atoms with Crippen molar-refractivity contribution >= 4 is 6.09 Å². The molecule has 1 heterocycles. The molecule has 3 aromatic rings. The number of carbonyl (C=O) groups is 1. The largest absolute Gasteiger partial charge is 0.444 e. The fraction of sp³-hybridized carbons (Fsp3) is 0.462. The molecule has 0 bridgehead atoms. The molecule has 7 nitrogen and oxygen atoms in total. The Morgan fingerprint density at radius 3 is 2.24 bits per heavy atom. The average molecular weight is 450 g/mol. The van der Waals surface area contributed by atoms with Gasteiger partial charge in [0.1, 0.15) is 5.60 Å². The minimum atomic E-state index is -0.440. The molecule has 2 aromatic carbocycles. The van der Waals surface area contributed by atoms with E-state index in [1.54, 1.807) is 0 Å². The van der Waals surface area contributed by atoms with Gasteiger partial charge >= 0.3 is 6.09 Å². The number of benzene rings is 2. The highest BCUT2D eigenvalue weighted by molar-refractivity contribution is 5.80. The molecule has 3 rings (SSSR count). The second-order valence-corrected chi connectivity index (χ2v) is 9.28. The van der Waals surface area contributed by atoms with Crippen molar-refractivity contribution in [2.45, 2.75) is 71.3 Å². The Balaban J connectivity index is 1.33. The summed E-state index contributed by atoms with van der Waals surface area (Å²) in [5.74, 6) is 0.607. The van der Waals surface area contributed by atoms with E-state index >= 15 is 0 Å². The molecule has 0 radical (unpaired) electrons. The van der Waals surface area contributed by atoms with Crippen LogP contribution in [0, 0.1) is 0 Å². The maximum Gasteiger partial charge on any atom is 0.407 e. The van der Waals surface area contributed by atoms with Crippen LogP contribution in [0.2, 0.25) is 0 Å². The van der Waals surface area contributed by atoms with E-state index in [9.17, 15) is 4.79 Å². The number of ether oxygens (including phenoxy) is 1. The van der Waals surface area contributed by atoms with Gasteiger partial charge in [-0.05, 0) is 61.9 Å². The summed E-state index contributed by atoms with van der Waals surface area (Å²) in [6, 6.07) is 16.9. The number of aromatic amines is 1. The minimum Gasteiger partial charge on any atom is -0.444 e. The number of nitrogens with zero attached hydrogens (tertiary/aromatic N) is 3. The fourth-order valence-electron chi connectivity index (χ4n) is 3.72. The number of unbranched alkanes of at least 4 members (excludes halogenated alkanes) is 5. The van der Waals surface area contributed by atoms with Crippen LogP contribution < -0.4 is 5.32 Å². The van der Waals surface area contributed by atoms with Gasteiger partial charge in [0.15, 0.2) is 0 Å². The number of aryl methyl sites for hydroxylation is 1. The Labute approximate surface area is 196 Å². The Kier molecular flexibility index (Phi) is 8.98. The summed E-state index contributed by atoms with van der Waals surface area (Å²) in [6.45, 7) is 6.30. The predicted molar refractivity (Wildman–Crippen MR) is 131 cm³/mol. The predicted octanol–water partition coefficient (Wildman–Crippen LogP) is 5.94. The highest BCUT2D eigenvalue weighted by atomic mass is 16.6. The summed E-state index contributed by atoms with van der Waals surface area (Å²) in [4.78, 5) is 11.6. The number of aromatic nitrogens is 4. The zero-order valence-electron chi connectivity index (χ0n) is 19.9. The number of hydrogen-bond donors (Lipinski definition) is 2. The van der Waals surface area contributed by atoms with Crippen LogP contribution >= 0.6 is 0 Å². The second kappa shape index (κ2) is 12.1. The Bertz CT molecular complexity index is 979. The van der Waals surface area contributed by atoms with Crippen molar-refractivity contribution in [2.24, 2.45) is 0 Å². The average Bonchev–Trinajstić information content (AvgIpc) is 3.32. The summed E-state index contributed by atoms with van der Waals surface area (Å²) in [6.07, 6.45) is 7.72. The van der Waals surface area contributed by atoms with Gasteiger partial charge in [0.25, 0.3) is 0 Å². The minimum absolute atomic E-state index is 0.327. The zero-order valence-corrected chi connectivity index (χ0v) is 19.9. The molecule has 1 aromatic heterocycles. The first-order valence-electron chi connectivity index (χ1n) is 11.8. The molecule has 176 valence electrons. The van der Waals surface area contributed by atoms with E-state index < -0.39 is 5.60 Å². The van der Waals surface area contributed by atoms with Crippen LogP contribution in [0.15, 0.2) is 48.5 Å². The van der Waals surface area contributed by atoms with E-state index in [0.717, 1.165) is 36.0 Å². The lowest BCUT2D eigenvalue weighted by Crippen LogP contribution is -2.32. The van der Waals surface area contributed by atoms with E-state index in [0.29, 0.717) is 12.4 Å². The van der Waals surface area contributed by atoms with Gasteiger partial charge in [-0.3, -0.25) is 0 Å². The molecule has 33 heavy (non-hydrogen) atoms. The lowest BCUT2D eigenvalue weighted by Gasteiger charge is -2.19. The van der Waals surface area contributed by atoms with Crippen LogP contribution in [-0.4, -0.2) is 38.9 Å². The van der Waals surface area contributed by atoms with Gasteiger partial charge in [-0.15, -0.1) is 10.2 Å². The quantitative estimate of drug-likeness (QED) is 0.353. The molecule has 0 fully saturated rings. The highest BCUT2D eigenvalue weighted by Crippen LogP contribution is 2.29. The monoisotopic (exact) mass is 449 g/mol. The van der Waals surface area contributed by atoms with Crippen LogP contribution in [0.5, 0.6) is 0 Å². The van der Waals surface area contributed by atoms with Crippen LogP contribution in [0.25, 0.3) is 22.5 Å². The number of tetrazole rings is 1. The van der Waals surface area contributed by atoms with Crippen molar-refractivity contribution in [3.8, 4) is 22.5 Å². The maximum atomic E-state index is 11.6. The first-order chi connectivity index (χ1) is 15.9. The number of H-pyrrole nitrogens is 1. The Morgan fingerprint density at radius 2 is 1.58 bits per heavy atom. The van der Waals surface area contributed by atoms with Crippen LogP contribution in [0.3, 0.4) is 0 Å². The summed E-state index contributed by atoms with van der Waals surface area (Å²) in [5, 5.41) is 17.3. The third-order valence-corrected chi connectivity index (χ3v) is 5.34. The third-order valence-electron chi connectivity index (χ3n) is 5.34. The van der Waals surface area contributed by atoms with Crippen molar-refractivity contribution in [3.63, 3.8) is 0 Å². The van der Waals surface area contributed by atoms with E-state index in [2.05, 4.69) is 56.3 Å². The molecular formula is C26H35N5O2. The molecule has 1 amide bonds. The standard InChI is InChI=1S/C26H35N5O2/c1-26(2,3)33-25(32)27-19-11-7-5-4-6-8-12-20-15-17-21(18-16-20)22-13-9-10-14-23(22)24-28-30-31-29-24/h9-10,13-18H,4-8,11-12,19H2,1-3H3,(H,27,32)(H,28,29,30,31). The van der Waals surface area contributed by atoms with Gasteiger partial charge in [0.05, 0.1) is 0 Å². The molecular weight excluding hydrogens is 414 g/mol. The first kappa shape index (κ1) is 24.4. The van der Waals surface area contributed by atoms with Crippen molar-refractivity contribution < 1.29 is 9.53 Å². The molecule has 0 atom stereocenters. The number of carbonyl (C=O) groups excluding carboxylic acids is 1. The number of nitrogens with one attached hydrogen (secondary N) is 2. The topological polar surface area (TPSA) is 92.8 Å². The SMILES string of the molecule is CC(C)(C)OC(=O)NCCCCCCCCc1ccc(-c2ccccc2-c2nn[nH]n2)cc1. The van der Waals surface area contributed by atoms with Gasteiger partial charge in [-0.2, -0.15) is 5.21 Å². The van der Waals surface area contributed by atoms with Gasteiger partial charge < -0.3 is 10.1 Å². The first-order valence-corrected chi connectivity index (χ1v) is 11.8. The van der Waals surface area contributed by atoms with Crippen LogP contribution in [0.1, 0.15) is 64.9 Å². The van der Waals surface area contributed by atoms with Gasteiger partial charge in [-0.1, -0.05) is 74.2 Å². The Morgan fingerprint density at radius 1 is 0.909 bits per heavy atom. The molecule has 0 aliphatic heterocycles. The fourth-order valence-corrected chi connectivity index (χ4v) is 3.72. The van der Waals surface area contributed by atoms with Gasteiger partial charge in [0.2, 0.25) is 5.82 Å². The molecule has 0 aliphatic rings. The van der Waals surface area contributed by atoms with E-state index in [1.165, 1.54) is 31.2 Å². The summed E-state index contributed by atoms with van der Waals surface area (Å²) < 4.78 is 5.24. The molecule has 0 aliphatic carbocycles. The molecule has 0 spiro atoms. The van der Waals surface area contributed by atoms with Crippen molar-refractivity contribution in [2.75, 3.05) is 6.54 Å². The second-order valence-electron chi connectivity index (χ2n) is 9.28. The maximum absolute atomic E-state index is 11.6. The summed E-state index contributed by atoms with van der Waals surface area (Å²) in [7, 11) is 0.